The molecule has 0 bridgehead atoms. The number of rotatable bonds is 0. The molecule has 0 spiro atoms. The third kappa shape index (κ3) is 192. The van der Waals surface area contributed by atoms with Crippen LogP contribution in [-0.2, 0) is 14.2 Å². The Hall–Kier alpha value is 1.20. The van der Waals surface area contributed by atoms with E-state index in [1.54, 1.807) is 0 Å². The number of hydrogen-bond acceptors (Lipinski definition) is 3. The molecule has 0 unspecified atom stereocenters. The molecule has 0 radical (unpaired) electrons. The van der Waals surface area contributed by atoms with E-state index in [1.807, 2.05) is 0 Å². The van der Waals surface area contributed by atoms with E-state index in [9.17, 15) is 0 Å². The quantitative estimate of drug-likeness (QED) is 0.280. The normalized spacial score (nSPS) is 7.62. The van der Waals surface area contributed by atoms with Gasteiger partial charge in [-0.2, -0.15) is 8.42 Å². The Balaban J connectivity index is -0.0000000286. The molecule has 0 aromatic carbocycles. The van der Waals surface area contributed by atoms with Crippen LogP contribution < -0.4 is 29.6 Å². The van der Waals surface area contributed by atoms with Crippen LogP contribution in [0.25, 0.3) is 0 Å². The van der Waals surface area contributed by atoms with Crippen LogP contribution in [0.15, 0.2) is 0 Å². The summed E-state index contributed by atoms with van der Waals surface area (Å²) in [6, 6.07) is 0. The molecule has 8 heteroatoms. The van der Waals surface area contributed by atoms with Crippen molar-refractivity contribution < 1.29 is 52.3 Å². The Labute approximate surface area is 78.4 Å². The van der Waals surface area contributed by atoms with E-state index < -0.39 is 10.4 Å². The van der Waals surface area contributed by atoms with E-state index in [0.29, 0.717) is 16.2 Å². The molecule has 0 saturated heterocycles. The summed E-state index contributed by atoms with van der Waals surface area (Å²) in [5, 5.41) is 0. The maximum atomic E-state index is 8.74. The van der Waals surface area contributed by atoms with Gasteiger partial charge in [-0.15, -0.1) is 0 Å². The van der Waals surface area contributed by atoms with Crippen LogP contribution in [0.5, 0.6) is 0 Å². The fourth-order valence-corrected chi connectivity index (χ4v) is 0. The van der Waals surface area contributed by atoms with Crippen LogP contribution in [0.4, 0.5) is 0 Å². The van der Waals surface area contributed by atoms with Gasteiger partial charge < -0.3 is 1.43 Å². The summed E-state index contributed by atoms with van der Waals surface area (Å²) in [5.74, 6) is 0. The van der Waals surface area contributed by atoms with Crippen LogP contribution in [-0.4, -0.2) is 33.7 Å². The van der Waals surface area contributed by atoms with Gasteiger partial charge >= 0.3 is 60.0 Å². The summed E-state index contributed by atoms with van der Waals surface area (Å²) >= 11 is 0.611. The minimum absolute atomic E-state index is 0. The summed E-state index contributed by atoms with van der Waals surface area (Å²) in [5.41, 5.74) is 0. The molecule has 0 amide bonds. The third-order valence-electron chi connectivity index (χ3n) is 0. The van der Waals surface area contributed by atoms with Crippen molar-refractivity contribution >= 4 is 26.6 Å². The van der Waals surface area contributed by atoms with Crippen LogP contribution in [0.1, 0.15) is 1.43 Å². The second kappa shape index (κ2) is 8.20. The molecular formula is H4AlNaO5S. The fourth-order valence-electron chi connectivity index (χ4n) is 0. The zero-order valence-electron chi connectivity index (χ0n) is 5.23. The topological polar surface area (TPSA) is 91.7 Å². The van der Waals surface area contributed by atoms with E-state index in [2.05, 4.69) is 0 Å². The van der Waals surface area contributed by atoms with Crippen molar-refractivity contribution in [1.29, 1.82) is 0 Å². The third-order valence-corrected chi connectivity index (χ3v) is 0. The summed E-state index contributed by atoms with van der Waals surface area (Å²) in [6.45, 7) is 0. The van der Waals surface area contributed by atoms with Gasteiger partial charge in [-0.3, -0.25) is 9.11 Å². The molecule has 2 N–H and O–H groups in total. The predicted molar refractivity (Wildman–Crippen MR) is 23.1 cm³/mol. The SMILES string of the molecule is O=S(=O)(O)O.[H-].[Na+].[O]=[AlH]. The van der Waals surface area contributed by atoms with E-state index in [1.165, 1.54) is 0 Å². The summed E-state index contributed by atoms with van der Waals surface area (Å²) in [6.07, 6.45) is 0. The van der Waals surface area contributed by atoms with E-state index >= 15 is 0 Å². The Morgan fingerprint density at radius 3 is 1.25 bits per heavy atom. The fraction of sp³-hybridized carbons (Fsp3) is 0. The second-order valence-corrected chi connectivity index (χ2v) is 1.34. The molecule has 0 atom stereocenters. The Morgan fingerprint density at radius 2 is 1.25 bits per heavy atom. The summed E-state index contributed by atoms with van der Waals surface area (Å²) in [4.78, 5) is 0. The van der Waals surface area contributed by atoms with Gasteiger partial charge in [0.05, 0.1) is 0 Å². The predicted octanol–water partition coefficient (Wildman–Crippen LogP) is -4.30. The van der Waals surface area contributed by atoms with Crippen molar-refractivity contribution in [3.63, 3.8) is 0 Å². The Bertz CT molecular complexity index is 111. The van der Waals surface area contributed by atoms with Gasteiger partial charge in [0.25, 0.3) is 0 Å². The van der Waals surface area contributed by atoms with Gasteiger partial charge in [-0.1, -0.05) is 0 Å². The zero-order valence-corrected chi connectivity index (χ0v) is 8.47. The molecule has 0 heterocycles. The molecule has 0 fully saturated rings. The standard InChI is InChI=1S/Al.Na.H2O4S.O.2H/c;;1-5(2,3)4;;;/h;;(H2,1,2,3,4);;;/q;+1;;;;-1. The molecule has 0 aliphatic heterocycles. The first-order chi connectivity index (χ1) is 3.00. The van der Waals surface area contributed by atoms with E-state index in [-0.39, 0.29) is 31.0 Å². The van der Waals surface area contributed by atoms with Crippen molar-refractivity contribution in [3.8, 4) is 0 Å². The second-order valence-electron chi connectivity index (χ2n) is 0.448. The zero-order chi connectivity index (χ0) is 6.50. The van der Waals surface area contributed by atoms with Crippen molar-refractivity contribution in [1.82, 2.24) is 0 Å². The maximum absolute atomic E-state index is 8.74. The van der Waals surface area contributed by atoms with Crippen LogP contribution in [0, 0.1) is 0 Å². The van der Waals surface area contributed by atoms with Gasteiger partial charge in [-0.25, -0.2) is 0 Å². The Morgan fingerprint density at radius 1 is 1.25 bits per heavy atom. The molecular weight excluding hydrogens is 162 g/mol. The van der Waals surface area contributed by atoms with Crippen molar-refractivity contribution in [3.05, 3.63) is 0 Å². The summed E-state index contributed by atoms with van der Waals surface area (Å²) < 4.78 is 39.9. The molecule has 0 saturated carbocycles. The van der Waals surface area contributed by atoms with Crippen molar-refractivity contribution in [2.45, 2.75) is 0 Å². The molecule has 44 valence electrons. The van der Waals surface area contributed by atoms with E-state index in [4.69, 9.17) is 21.3 Å². The molecule has 0 aromatic heterocycles. The Kier molecular flexibility index (Phi) is 16.5. The van der Waals surface area contributed by atoms with Gasteiger partial charge in [0.1, 0.15) is 0 Å². The van der Waals surface area contributed by atoms with Gasteiger partial charge in [0.2, 0.25) is 0 Å². The van der Waals surface area contributed by atoms with E-state index in [0.717, 1.165) is 0 Å². The van der Waals surface area contributed by atoms with Gasteiger partial charge in [-0.05, 0) is 0 Å². The monoisotopic (exact) mass is 166 g/mol. The van der Waals surface area contributed by atoms with Crippen LogP contribution >= 0.6 is 0 Å². The van der Waals surface area contributed by atoms with Crippen LogP contribution in [0.3, 0.4) is 0 Å². The van der Waals surface area contributed by atoms with Gasteiger partial charge in [0, 0.05) is 0 Å². The van der Waals surface area contributed by atoms with Crippen LogP contribution in [0.2, 0.25) is 0 Å². The first kappa shape index (κ1) is 16.1. The molecule has 0 aliphatic rings. The van der Waals surface area contributed by atoms with Crippen molar-refractivity contribution in [2.24, 2.45) is 0 Å². The minimum atomic E-state index is -4.67. The average molecular weight is 166 g/mol. The summed E-state index contributed by atoms with van der Waals surface area (Å²) in [7, 11) is -4.67. The molecule has 0 aliphatic carbocycles. The average Bonchev–Trinajstić information content (AvgIpc) is 1.36. The first-order valence-electron chi connectivity index (χ1n) is 0.987. The molecule has 5 nitrogen and oxygen atoms in total. The molecule has 8 heavy (non-hydrogen) atoms. The molecule has 0 aromatic rings. The van der Waals surface area contributed by atoms with Crippen molar-refractivity contribution in [2.75, 3.05) is 0 Å². The first-order valence-corrected chi connectivity index (χ1v) is 2.96. The number of hydrogen-bond donors (Lipinski definition) is 2. The van der Waals surface area contributed by atoms with Gasteiger partial charge in [0.15, 0.2) is 0 Å². The molecule has 0 rings (SSSR count).